The van der Waals surface area contributed by atoms with Gasteiger partial charge < -0.3 is 9.84 Å². The zero-order valence-corrected chi connectivity index (χ0v) is 12.3. The Bertz CT molecular complexity index is 731. The zero-order valence-electron chi connectivity index (χ0n) is 10.7. The van der Waals surface area contributed by atoms with Gasteiger partial charge in [0.1, 0.15) is 17.4 Å². The molecule has 2 rings (SSSR count). The topological polar surface area (TPSA) is 88.1 Å². The summed E-state index contributed by atoms with van der Waals surface area (Å²) in [4.78, 5) is 11.0. The van der Waals surface area contributed by atoms with E-state index in [1.807, 2.05) is 6.07 Å². The largest absolute Gasteiger partial charge is 0.478 e. The van der Waals surface area contributed by atoms with Gasteiger partial charge in [0.15, 0.2) is 0 Å². The summed E-state index contributed by atoms with van der Waals surface area (Å²) < 4.78 is 7.67. The maximum absolute atomic E-state index is 11.0. The minimum atomic E-state index is -1.05. The third kappa shape index (κ3) is 2.51. The van der Waals surface area contributed by atoms with Crippen LogP contribution in [0.5, 0.6) is 11.6 Å². The van der Waals surface area contributed by atoms with Crippen molar-refractivity contribution in [2.75, 3.05) is 0 Å². The maximum atomic E-state index is 11.0. The summed E-state index contributed by atoms with van der Waals surface area (Å²) in [5, 5.41) is 22.2. The number of halogens is 1. The van der Waals surface area contributed by atoms with Crippen LogP contribution in [0.25, 0.3) is 0 Å². The average molecular weight is 336 g/mol. The number of aromatic nitrogens is 2. The molecule has 0 atom stereocenters. The van der Waals surface area contributed by atoms with Crippen LogP contribution in [0.2, 0.25) is 0 Å². The highest BCUT2D eigenvalue weighted by atomic mass is 79.9. The van der Waals surface area contributed by atoms with Gasteiger partial charge in [-0.05, 0) is 41.1 Å². The first-order valence-electron chi connectivity index (χ1n) is 5.58. The van der Waals surface area contributed by atoms with Crippen LogP contribution in [-0.2, 0) is 7.05 Å². The number of carbonyl (C=O) groups is 1. The summed E-state index contributed by atoms with van der Waals surface area (Å²) in [6, 6.07) is 6.44. The molecule has 0 spiro atoms. The first-order valence-corrected chi connectivity index (χ1v) is 6.37. The number of aromatic carboxylic acids is 1. The molecule has 0 aliphatic rings. The molecule has 0 saturated heterocycles. The Morgan fingerprint density at radius 2 is 2.25 bits per heavy atom. The molecule has 0 fully saturated rings. The van der Waals surface area contributed by atoms with E-state index in [9.17, 15) is 4.79 Å². The minimum Gasteiger partial charge on any atom is -0.478 e. The van der Waals surface area contributed by atoms with Crippen LogP contribution in [0.4, 0.5) is 0 Å². The van der Waals surface area contributed by atoms with Gasteiger partial charge in [-0.25, -0.2) is 9.48 Å². The molecule has 0 bridgehead atoms. The highest BCUT2D eigenvalue weighted by Crippen LogP contribution is 2.32. The summed E-state index contributed by atoms with van der Waals surface area (Å²) in [6.45, 7) is 1.70. The molecule has 0 saturated carbocycles. The van der Waals surface area contributed by atoms with Crippen molar-refractivity contribution in [1.29, 1.82) is 5.26 Å². The van der Waals surface area contributed by atoms with Crippen molar-refractivity contribution in [3.8, 4) is 17.7 Å². The number of carboxylic acids is 1. The van der Waals surface area contributed by atoms with E-state index >= 15 is 0 Å². The molecule has 1 aromatic carbocycles. The molecule has 102 valence electrons. The SMILES string of the molecule is Cc1nn(C)c(Oc2cc(C(=O)O)ccc2Br)c1C#N. The van der Waals surface area contributed by atoms with Crippen LogP contribution in [0.15, 0.2) is 22.7 Å². The minimum absolute atomic E-state index is 0.0978. The van der Waals surface area contributed by atoms with Gasteiger partial charge in [-0.3, -0.25) is 0 Å². The number of benzene rings is 1. The number of aryl methyl sites for hydroxylation is 2. The summed E-state index contributed by atoms with van der Waals surface area (Å²) in [5.41, 5.74) is 0.969. The van der Waals surface area contributed by atoms with Crippen molar-refractivity contribution in [3.05, 3.63) is 39.5 Å². The molecule has 1 heterocycles. The monoisotopic (exact) mass is 335 g/mol. The highest BCUT2D eigenvalue weighted by molar-refractivity contribution is 9.10. The van der Waals surface area contributed by atoms with E-state index in [0.717, 1.165) is 0 Å². The summed E-state index contributed by atoms with van der Waals surface area (Å²) in [5.74, 6) is -0.471. The number of nitrogens with zero attached hydrogens (tertiary/aromatic N) is 3. The van der Waals surface area contributed by atoms with Crippen LogP contribution >= 0.6 is 15.9 Å². The quantitative estimate of drug-likeness (QED) is 0.931. The lowest BCUT2D eigenvalue weighted by Crippen LogP contribution is -1.99. The number of nitriles is 1. The predicted octanol–water partition coefficient (Wildman–Crippen LogP) is 2.85. The summed E-state index contributed by atoms with van der Waals surface area (Å²) in [7, 11) is 1.65. The van der Waals surface area contributed by atoms with E-state index in [4.69, 9.17) is 15.1 Å². The zero-order chi connectivity index (χ0) is 14.9. The smallest absolute Gasteiger partial charge is 0.335 e. The van der Waals surface area contributed by atoms with Gasteiger partial charge >= 0.3 is 5.97 Å². The van der Waals surface area contributed by atoms with Crippen LogP contribution < -0.4 is 4.74 Å². The molecular weight excluding hydrogens is 326 g/mol. The van der Waals surface area contributed by atoms with E-state index < -0.39 is 5.97 Å². The van der Waals surface area contributed by atoms with E-state index in [-0.39, 0.29) is 11.4 Å². The fourth-order valence-electron chi connectivity index (χ4n) is 1.70. The number of hydrogen-bond donors (Lipinski definition) is 1. The van der Waals surface area contributed by atoms with Crippen LogP contribution in [0.3, 0.4) is 0 Å². The Balaban J connectivity index is 2.48. The summed E-state index contributed by atoms with van der Waals surface area (Å²) in [6.07, 6.45) is 0. The van der Waals surface area contributed by atoms with E-state index in [0.29, 0.717) is 21.5 Å². The lowest BCUT2D eigenvalue weighted by molar-refractivity contribution is 0.0696. The van der Waals surface area contributed by atoms with Crippen molar-refractivity contribution in [2.45, 2.75) is 6.92 Å². The normalized spacial score (nSPS) is 10.1. The van der Waals surface area contributed by atoms with E-state index in [1.165, 1.54) is 16.8 Å². The lowest BCUT2D eigenvalue weighted by Gasteiger charge is -2.09. The van der Waals surface area contributed by atoms with Gasteiger partial charge in [0.25, 0.3) is 0 Å². The van der Waals surface area contributed by atoms with Gasteiger partial charge in [0, 0.05) is 7.05 Å². The van der Waals surface area contributed by atoms with Gasteiger partial charge in [0.2, 0.25) is 5.88 Å². The molecule has 0 unspecified atom stereocenters. The third-order valence-electron chi connectivity index (χ3n) is 2.67. The first kappa shape index (κ1) is 14.1. The fraction of sp³-hybridized carbons (Fsp3) is 0.154. The fourth-order valence-corrected chi connectivity index (χ4v) is 2.03. The first-order chi connectivity index (χ1) is 9.43. The molecule has 0 amide bonds. The molecule has 1 aromatic heterocycles. The molecule has 7 heteroatoms. The standard InChI is InChI=1S/C13H10BrN3O3/c1-7-9(6-15)12(17(2)16-7)20-11-5-8(13(18)19)3-4-10(11)14/h3-5H,1-2H3,(H,18,19). The van der Waals surface area contributed by atoms with Crippen LogP contribution in [-0.4, -0.2) is 20.9 Å². The molecule has 6 nitrogen and oxygen atoms in total. The van der Waals surface area contributed by atoms with Crippen LogP contribution in [0, 0.1) is 18.3 Å². The number of hydrogen-bond acceptors (Lipinski definition) is 4. The second-order valence-electron chi connectivity index (χ2n) is 4.05. The molecule has 1 N–H and O–H groups in total. The Kier molecular flexibility index (Phi) is 3.77. The second-order valence-corrected chi connectivity index (χ2v) is 4.91. The van der Waals surface area contributed by atoms with Crippen molar-refractivity contribution >= 4 is 21.9 Å². The van der Waals surface area contributed by atoms with Gasteiger partial charge in [-0.2, -0.15) is 10.4 Å². The highest BCUT2D eigenvalue weighted by Gasteiger charge is 2.17. The lowest BCUT2D eigenvalue weighted by atomic mass is 10.2. The Labute approximate surface area is 123 Å². The molecule has 20 heavy (non-hydrogen) atoms. The third-order valence-corrected chi connectivity index (χ3v) is 3.32. The average Bonchev–Trinajstić information content (AvgIpc) is 2.66. The molecular formula is C13H10BrN3O3. The van der Waals surface area contributed by atoms with Gasteiger partial charge in [0.05, 0.1) is 15.7 Å². The van der Waals surface area contributed by atoms with Crippen LogP contribution in [0.1, 0.15) is 21.6 Å². The Morgan fingerprint density at radius 1 is 1.55 bits per heavy atom. The number of carboxylic acid groups (broad SMARTS) is 1. The molecule has 0 radical (unpaired) electrons. The molecule has 0 aliphatic heterocycles. The molecule has 2 aromatic rings. The van der Waals surface area contributed by atoms with E-state index in [2.05, 4.69) is 21.0 Å². The second kappa shape index (κ2) is 5.35. The van der Waals surface area contributed by atoms with Crippen molar-refractivity contribution in [1.82, 2.24) is 9.78 Å². The van der Waals surface area contributed by atoms with Crippen molar-refractivity contribution < 1.29 is 14.6 Å². The number of rotatable bonds is 3. The predicted molar refractivity (Wildman–Crippen MR) is 73.8 cm³/mol. The molecule has 0 aliphatic carbocycles. The maximum Gasteiger partial charge on any atom is 0.335 e. The van der Waals surface area contributed by atoms with Crippen molar-refractivity contribution in [2.24, 2.45) is 7.05 Å². The van der Waals surface area contributed by atoms with Gasteiger partial charge in [-0.1, -0.05) is 0 Å². The number of ether oxygens (including phenoxy) is 1. The Morgan fingerprint density at radius 3 is 2.85 bits per heavy atom. The van der Waals surface area contributed by atoms with E-state index in [1.54, 1.807) is 20.0 Å². The Hall–Kier alpha value is -2.33. The summed E-state index contributed by atoms with van der Waals surface area (Å²) >= 11 is 3.28. The van der Waals surface area contributed by atoms with Crippen molar-refractivity contribution in [3.63, 3.8) is 0 Å². The van der Waals surface area contributed by atoms with Gasteiger partial charge in [-0.15, -0.1) is 0 Å².